The van der Waals surface area contributed by atoms with Gasteiger partial charge in [0.15, 0.2) is 0 Å². The predicted octanol–water partition coefficient (Wildman–Crippen LogP) is 11.6. The summed E-state index contributed by atoms with van der Waals surface area (Å²) in [7, 11) is 0. The molecule has 0 saturated carbocycles. The van der Waals surface area contributed by atoms with Gasteiger partial charge in [-0.3, -0.25) is 0 Å². The zero-order valence-corrected chi connectivity index (χ0v) is 28.2. The molecule has 1 heterocycles. The maximum Gasteiger partial charge on any atom is 0.356 e. The van der Waals surface area contributed by atoms with Crippen molar-refractivity contribution in [2.45, 2.75) is 123 Å². The van der Waals surface area contributed by atoms with Crippen molar-refractivity contribution in [3.63, 3.8) is 0 Å². The van der Waals surface area contributed by atoms with Gasteiger partial charge in [-0.15, -0.1) is 11.3 Å². The molecule has 2 aromatic carbocycles. The third-order valence-electron chi connectivity index (χ3n) is 7.85. The van der Waals surface area contributed by atoms with Gasteiger partial charge in [0.2, 0.25) is 0 Å². The molecule has 1 aromatic heterocycles. The van der Waals surface area contributed by atoms with Crippen LogP contribution in [-0.2, 0) is 4.74 Å². The second-order valence-electron chi connectivity index (χ2n) is 11.8. The Kier molecular flexibility index (Phi) is 16.7. The summed E-state index contributed by atoms with van der Waals surface area (Å²) >= 11 is 1.04. The van der Waals surface area contributed by atoms with Gasteiger partial charge < -0.3 is 14.2 Å². The lowest BCUT2D eigenvalue weighted by atomic mass is 10.1. The van der Waals surface area contributed by atoms with E-state index in [0.29, 0.717) is 17.0 Å². The number of hydrogen-bond donors (Lipinski definition) is 0. The molecule has 246 valence electrons. The number of benzene rings is 2. The minimum atomic E-state index is -0.781. The van der Waals surface area contributed by atoms with Gasteiger partial charge in [-0.2, -0.15) is 0 Å². The summed E-state index contributed by atoms with van der Waals surface area (Å²) in [6.45, 7) is 6.99. The van der Waals surface area contributed by atoms with Gasteiger partial charge in [0, 0.05) is 4.88 Å². The van der Waals surface area contributed by atoms with Crippen molar-refractivity contribution >= 4 is 23.3 Å². The first-order valence-electron chi connectivity index (χ1n) is 17.0. The molecular weight excluding hydrogens is 587 g/mol. The molecule has 0 saturated heterocycles. The molecular formula is C38H51FO5S. The van der Waals surface area contributed by atoms with Gasteiger partial charge in [0.25, 0.3) is 0 Å². The average molecular weight is 639 g/mol. The molecule has 3 rings (SSSR count). The van der Waals surface area contributed by atoms with Crippen LogP contribution in [0.4, 0.5) is 4.39 Å². The Labute approximate surface area is 273 Å². The van der Waals surface area contributed by atoms with Gasteiger partial charge in [-0.25, -0.2) is 14.0 Å². The predicted molar refractivity (Wildman–Crippen MR) is 182 cm³/mol. The van der Waals surface area contributed by atoms with Crippen LogP contribution in [0.1, 0.15) is 137 Å². The third kappa shape index (κ3) is 13.4. The Morgan fingerprint density at radius 3 is 1.89 bits per heavy atom. The minimum Gasteiger partial charge on any atom is -0.494 e. The van der Waals surface area contributed by atoms with E-state index in [2.05, 4.69) is 13.8 Å². The average Bonchev–Trinajstić information content (AvgIpc) is 3.44. The van der Waals surface area contributed by atoms with Crippen molar-refractivity contribution in [3.8, 4) is 21.9 Å². The Morgan fingerprint density at radius 2 is 1.27 bits per heavy atom. The summed E-state index contributed by atoms with van der Waals surface area (Å²) in [6.07, 6.45) is 18.0. The van der Waals surface area contributed by atoms with Gasteiger partial charge in [-0.05, 0) is 86.3 Å². The summed E-state index contributed by atoms with van der Waals surface area (Å²) < 4.78 is 31.6. The highest BCUT2D eigenvalue weighted by atomic mass is 32.1. The number of hydrogen-bond acceptors (Lipinski definition) is 6. The lowest BCUT2D eigenvalue weighted by molar-refractivity contribution is 0.0319. The molecule has 7 heteroatoms. The highest BCUT2D eigenvalue weighted by molar-refractivity contribution is 7.17. The van der Waals surface area contributed by atoms with Crippen LogP contribution in [0, 0.1) is 5.82 Å². The lowest BCUT2D eigenvalue weighted by Crippen LogP contribution is -2.15. The molecule has 45 heavy (non-hydrogen) atoms. The summed E-state index contributed by atoms with van der Waals surface area (Å²) in [5.74, 6) is -0.826. The van der Waals surface area contributed by atoms with E-state index in [0.717, 1.165) is 54.8 Å². The number of unbranched alkanes of at least 4 members (excludes halogenated alkanes) is 12. The van der Waals surface area contributed by atoms with Crippen LogP contribution in [0.15, 0.2) is 54.6 Å². The van der Waals surface area contributed by atoms with E-state index in [4.69, 9.17) is 14.2 Å². The maximum absolute atomic E-state index is 14.8. The van der Waals surface area contributed by atoms with Gasteiger partial charge in [0.1, 0.15) is 22.2 Å². The largest absolute Gasteiger partial charge is 0.494 e. The van der Waals surface area contributed by atoms with Crippen molar-refractivity contribution in [3.05, 3.63) is 70.9 Å². The molecule has 1 atom stereocenters. The SMILES string of the molecule is CCCCCCCCCCCCOc1ccc(-c2cc(F)c(C(=O)Oc3ccc(C(=O)O[C@@H](C)CCCCCC)cc3)s2)cc1. The topological polar surface area (TPSA) is 61.8 Å². The highest BCUT2D eigenvalue weighted by Crippen LogP contribution is 2.32. The van der Waals surface area contributed by atoms with E-state index in [9.17, 15) is 14.0 Å². The number of esters is 2. The highest BCUT2D eigenvalue weighted by Gasteiger charge is 2.20. The molecule has 0 spiro atoms. The molecule has 3 aromatic rings. The zero-order valence-electron chi connectivity index (χ0n) is 27.4. The summed E-state index contributed by atoms with van der Waals surface area (Å²) in [4.78, 5) is 25.7. The van der Waals surface area contributed by atoms with E-state index in [1.807, 2.05) is 31.2 Å². The Balaban J connectivity index is 1.41. The normalized spacial score (nSPS) is 11.7. The van der Waals surface area contributed by atoms with E-state index in [1.165, 1.54) is 82.4 Å². The van der Waals surface area contributed by atoms with Crippen molar-refractivity contribution in [2.75, 3.05) is 6.61 Å². The Hall–Kier alpha value is -3.19. The molecule has 0 bridgehead atoms. The molecule has 0 fully saturated rings. The van der Waals surface area contributed by atoms with Gasteiger partial charge >= 0.3 is 11.9 Å². The van der Waals surface area contributed by atoms with Gasteiger partial charge in [-0.1, -0.05) is 90.9 Å². The summed E-state index contributed by atoms with van der Waals surface area (Å²) in [5, 5.41) is 0. The summed E-state index contributed by atoms with van der Waals surface area (Å²) in [6, 6.07) is 15.0. The zero-order chi connectivity index (χ0) is 32.3. The van der Waals surface area contributed by atoms with E-state index >= 15 is 0 Å². The number of carbonyl (C=O) groups is 2. The standard InChI is InChI=1S/C38H51FO5S/c1-4-6-8-10-11-12-13-14-15-17-27-42-32-23-19-30(20-24-32)35-28-34(39)36(45-35)38(41)44-33-25-21-31(22-26-33)37(40)43-29(3)18-16-9-7-5-2/h19-26,28-29H,4-18,27H2,1-3H3/t29-/m0/s1. The van der Waals surface area contributed by atoms with Gasteiger partial charge in [0.05, 0.1) is 18.3 Å². The lowest BCUT2D eigenvalue weighted by Gasteiger charge is -2.13. The van der Waals surface area contributed by atoms with Crippen molar-refractivity contribution < 1.29 is 28.2 Å². The fourth-order valence-corrected chi connectivity index (χ4v) is 6.04. The smallest absolute Gasteiger partial charge is 0.356 e. The quantitative estimate of drug-likeness (QED) is 0.0622. The van der Waals surface area contributed by atoms with Crippen LogP contribution in [0.25, 0.3) is 10.4 Å². The Bertz CT molecular complexity index is 1270. The number of rotatable bonds is 22. The van der Waals surface area contributed by atoms with Crippen molar-refractivity contribution in [1.29, 1.82) is 0 Å². The monoisotopic (exact) mass is 638 g/mol. The molecule has 0 aliphatic carbocycles. The first-order chi connectivity index (χ1) is 21.9. The van der Waals surface area contributed by atoms with Crippen LogP contribution in [-0.4, -0.2) is 24.6 Å². The number of thiophene rings is 1. The maximum atomic E-state index is 14.8. The molecule has 0 radical (unpaired) electrons. The van der Waals surface area contributed by atoms with Crippen molar-refractivity contribution in [1.82, 2.24) is 0 Å². The first kappa shape index (κ1) is 36.3. The van der Waals surface area contributed by atoms with E-state index in [1.54, 1.807) is 12.1 Å². The molecule has 0 aliphatic heterocycles. The summed E-state index contributed by atoms with van der Waals surface area (Å²) in [5.41, 5.74) is 1.17. The van der Waals surface area contributed by atoms with Crippen LogP contribution >= 0.6 is 11.3 Å². The molecule has 0 N–H and O–H groups in total. The molecule has 0 amide bonds. The molecule has 5 nitrogen and oxygen atoms in total. The van der Waals surface area contributed by atoms with E-state index < -0.39 is 17.8 Å². The second-order valence-corrected chi connectivity index (χ2v) is 12.9. The Morgan fingerprint density at radius 1 is 0.711 bits per heavy atom. The number of halogens is 1. The van der Waals surface area contributed by atoms with Crippen LogP contribution in [0.2, 0.25) is 0 Å². The first-order valence-corrected chi connectivity index (χ1v) is 17.8. The number of ether oxygens (including phenoxy) is 3. The van der Waals surface area contributed by atoms with Crippen LogP contribution in [0.5, 0.6) is 11.5 Å². The minimum absolute atomic E-state index is 0.105. The third-order valence-corrected chi connectivity index (χ3v) is 8.99. The molecule has 0 unspecified atom stereocenters. The number of carbonyl (C=O) groups excluding carboxylic acids is 2. The molecule has 0 aliphatic rings. The van der Waals surface area contributed by atoms with Crippen LogP contribution in [0.3, 0.4) is 0 Å². The second kappa shape index (κ2) is 20.8. The fraction of sp³-hybridized carbons (Fsp3) is 0.526. The fourth-order valence-electron chi connectivity index (χ4n) is 5.13. The van der Waals surface area contributed by atoms with Crippen LogP contribution < -0.4 is 9.47 Å². The van der Waals surface area contributed by atoms with Crippen molar-refractivity contribution in [2.24, 2.45) is 0 Å². The van der Waals surface area contributed by atoms with E-state index in [-0.39, 0.29) is 16.7 Å².